The van der Waals surface area contributed by atoms with E-state index in [1.165, 1.54) is 0 Å². The van der Waals surface area contributed by atoms with E-state index in [9.17, 15) is 4.79 Å². The van der Waals surface area contributed by atoms with Crippen LogP contribution in [0.15, 0.2) is 0 Å². The zero-order valence-corrected chi connectivity index (χ0v) is 13.6. The van der Waals surface area contributed by atoms with E-state index in [4.69, 9.17) is 5.11 Å². The highest BCUT2D eigenvalue weighted by Crippen LogP contribution is 2.15. The minimum absolute atomic E-state index is 0.0141. The van der Waals surface area contributed by atoms with E-state index < -0.39 is 0 Å². The number of aryl methyl sites for hydroxylation is 2. The summed E-state index contributed by atoms with van der Waals surface area (Å²) >= 11 is 0. The maximum absolute atomic E-state index is 11.9. The normalized spacial score (nSPS) is 12.2. The molecular formula is C15H28N4O2. The van der Waals surface area contributed by atoms with Crippen LogP contribution in [0.2, 0.25) is 0 Å². The quantitative estimate of drug-likeness (QED) is 0.680. The monoisotopic (exact) mass is 296 g/mol. The first-order valence-corrected chi connectivity index (χ1v) is 7.76. The minimum atomic E-state index is -0.191. The maximum Gasteiger partial charge on any atom is 0.315 e. The Balaban J connectivity index is 2.64. The van der Waals surface area contributed by atoms with Crippen molar-refractivity contribution in [2.45, 2.75) is 59.0 Å². The largest absolute Gasteiger partial charge is 0.396 e. The van der Waals surface area contributed by atoms with Gasteiger partial charge in [0.25, 0.3) is 0 Å². The third-order valence-electron chi connectivity index (χ3n) is 3.76. The number of carbonyl (C=O) groups excluding carboxylic acids is 1. The summed E-state index contributed by atoms with van der Waals surface area (Å²) in [5.74, 6) is 0. The predicted octanol–water partition coefficient (Wildman–Crippen LogP) is 1.51. The van der Waals surface area contributed by atoms with Gasteiger partial charge in [-0.05, 0) is 25.7 Å². The lowest BCUT2D eigenvalue weighted by atomic mass is 10.1. The van der Waals surface area contributed by atoms with Crippen molar-refractivity contribution in [2.75, 3.05) is 6.61 Å². The molecule has 0 aromatic carbocycles. The van der Waals surface area contributed by atoms with Crippen LogP contribution in [0.25, 0.3) is 0 Å². The van der Waals surface area contributed by atoms with Crippen LogP contribution in [-0.4, -0.2) is 33.6 Å². The van der Waals surface area contributed by atoms with Gasteiger partial charge in [0, 0.05) is 37.5 Å². The zero-order valence-electron chi connectivity index (χ0n) is 13.6. The van der Waals surface area contributed by atoms with Gasteiger partial charge in [-0.15, -0.1) is 0 Å². The molecule has 0 saturated heterocycles. The number of amides is 2. The fourth-order valence-corrected chi connectivity index (χ4v) is 2.53. The van der Waals surface area contributed by atoms with Crippen molar-refractivity contribution in [3.05, 3.63) is 17.0 Å². The number of aliphatic hydroxyl groups excluding tert-OH is 1. The second-order valence-corrected chi connectivity index (χ2v) is 5.15. The van der Waals surface area contributed by atoms with E-state index in [0.717, 1.165) is 36.2 Å². The van der Waals surface area contributed by atoms with Crippen LogP contribution in [-0.2, 0) is 26.4 Å². The number of nitrogens with one attached hydrogen (secondary N) is 2. The highest BCUT2D eigenvalue weighted by atomic mass is 16.3. The molecule has 1 unspecified atom stereocenters. The maximum atomic E-state index is 11.9. The lowest BCUT2D eigenvalue weighted by Crippen LogP contribution is -2.42. The molecule has 0 aliphatic heterocycles. The van der Waals surface area contributed by atoms with Crippen molar-refractivity contribution in [2.24, 2.45) is 7.05 Å². The third-order valence-corrected chi connectivity index (χ3v) is 3.76. The van der Waals surface area contributed by atoms with Gasteiger partial charge in [-0.1, -0.05) is 20.8 Å². The van der Waals surface area contributed by atoms with Gasteiger partial charge in [0.1, 0.15) is 0 Å². The van der Waals surface area contributed by atoms with E-state index in [-0.39, 0.29) is 18.7 Å². The molecule has 120 valence electrons. The van der Waals surface area contributed by atoms with Gasteiger partial charge < -0.3 is 15.7 Å². The van der Waals surface area contributed by atoms with Gasteiger partial charge in [0.05, 0.1) is 5.69 Å². The SMILES string of the molecule is CCc1nn(C)c(CC)c1CNC(=O)NC(CC)CCO. The van der Waals surface area contributed by atoms with Crippen LogP contribution in [0, 0.1) is 0 Å². The number of hydrogen-bond donors (Lipinski definition) is 3. The summed E-state index contributed by atoms with van der Waals surface area (Å²) in [7, 11) is 1.94. The number of carbonyl (C=O) groups is 1. The Labute approximate surface area is 126 Å². The number of nitrogens with zero attached hydrogens (tertiary/aromatic N) is 2. The molecule has 6 nitrogen and oxygen atoms in total. The molecular weight excluding hydrogens is 268 g/mol. The first kappa shape index (κ1) is 17.5. The number of aromatic nitrogens is 2. The van der Waals surface area contributed by atoms with Crippen molar-refractivity contribution in [3.63, 3.8) is 0 Å². The average Bonchev–Trinajstić information content (AvgIpc) is 2.79. The fourth-order valence-electron chi connectivity index (χ4n) is 2.53. The van der Waals surface area contributed by atoms with Crippen molar-refractivity contribution in [1.29, 1.82) is 0 Å². The summed E-state index contributed by atoms with van der Waals surface area (Å²) in [6.07, 6.45) is 3.14. The third kappa shape index (κ3) is 4.74. The highest BCUT2D eigenvalue weighted by Gasteiger charge is 2.15. The van der Waals surface area contributed by atoms with Crippen LogP contribution in [0.5, 0.6) is 0 Å². The number of urea groups is 1. The molecule has 0 saturated carbocycles. The van der Waals surface area contributed by atoms with Crippen LogP contribution >= 0.6 is 0 Å². The average molecular weight is 296 g/mol. The number of rotatable bonds is 8. The summed E-state index contributed by atoms with van der Waals surface area (Å²) in [5.41, 5.74) is 3.32. The first-order chi connectivity index (χ1) is 10.1. The molecule has 0 fully saturated rings. The number of aliphatic hydroxyl groups is 1. The standard InChI is InChI=1S/C15H28N4O2/c1-5-11(8-9-20)17-15(21)16-10-12-13(6-2)18-19(4)14(12)7-3/h11,20H,5-10H2,1-4H3,(H2,16,17,21). The summed E-state index contributed by atoms with van der Waals surface area (Å²) in [4.78, 5) is 11.9. The van der Waals surface area contributed by atoms with Gasteiger partial charge in [0.15, 0.2) is 0 Å². The Kier molecular flexibility index (Phi) is 7.22. The van der Waals surface area contributed by atoms with E-state index in [2.05, 4.69) is 29.6 Å². The Morgan fingerprint density at radius 3 is 2.57 bits per heavy atom. The highest BCUT2D eigenvalue weighted by molar-refractivity contribution is 5.74. The molecule has 1 atom stereocenters. The zero-order chi connectivity index (χ0) is 15.8. The topological polar surface area (TPSA) is 79.2 Å². The summed E-state index contributed by atoms with van der Waals surface area (Å²) in [6, 6.07) is -0.177. The minimum Gasteiger partial charge on any atom is -0.396 e. The molecule has 0 aliphatic rings. The molecule has 1 heterocycles. The molecule has 1 rings (SSSR count). The first-order valence-electron chi connectivity index (χ1n) is 7.76. The van der Waals surface area contributed by atoms with Crippen LogP contribution in [0.1, 0.15) is 50.6 Å². The predicted molar refractivity (Wildman–Crippen MR) is 83.1 cm³/mol. The molecule has 2 amide bonds. The lowest BCUT2D eigenvalue weighted by Gasteiger charge is -2.16. The van der Waals surface area contributed by atoms with Crippen LogP contribution in [0.3, 0.4) is 0 Å². The van der Waals surface area contributed by atoms with E-state index in [1.807, 2.05) is 18.7 Å². The molecule has 0 aliphatic carbocycles. The van der Waals surface area contributed by atoms with Gasteiger partial charge in [-0.25, -0.2) is 4.79 Å². The molecule has 0 bridgehead atoms. The summed E-state index contributed by atoms with van der Waals surface area (Å²) in [6.45, 7) is 6.73. The van der Waals surface area contributed by atoms with Crippen molar-refractivity contribution < 1.29 is 9.90 Å². The molecule has 1 aromatic heterocycles. The van der Waals surface area contributed by atoms with E-state index in [1.54, 1.807) is 0 Å². The van der Waals surface area contributed by atoms with Gasteiger partial charge in [-0.3, -0.25) is 4.68 Å². The lowest BCUT2D eigenvalue weighted by molar-refractivity contribution is 0.227. The van der Waals surface area contributed by atoms with Crippen LogP contribution in [0.4, 0.5) is 4.79 Å². The Bertz CT molecular complexity index is 457. The number of hydrogen-bond acceptors (Lipinski definition) is 3. The van der Waals surface area contributed by atoms with E-state index in [0.29, 0.717) is 13.0 Å². The van der Waals surface area contributed by atoms with Crippen LogP contribution < -0.4 is 10.6 Å². The summed E-state index contributed by atoms with van der Waals surface area (Å²) in [5, 5.41) is 19.2. The van der Waals surface area contributed by atoms with Crippen molar-refractivity contribution in [3.8, 4) is 0 Å². The molecule has 0 radical (unpaired) electrons. The Morgan fingerprint density at radius 1 is 1.33 bits per heavy atom. The molecule has 6 heteroatoms. The Hall–Kier alpha value is -1.56. The van der Waals surface area contributed by atoms with Crippen molar-refractivity contribution >= 4 is 6.03 Å². The van der Waals surface area contributed by atoms with Crippen molar-refractivity contribution in [1.82, 2.24) is 20.4 Å². The second kappa shape index (κ2) is 8.67. The smallest absolute Gasteiger partial charge is 0.315 e. The fraction of sp³-hybridized carbons (Fsp3) is 0.733. The molecule has 1 aromatic rings. The van der Waals surface area contributed by atoms with Gasteiger partial charge >= 0.3 is 6.03 Å². The summed E-state index contributed by atoms with van der Waals surface area (Å²) < 4.78 is 1.90. The Morgan fingerprint density at radius 2 is 2.05 bits per heavy atom. The van der Waals surface area contributed by atoms with Gasteiger partial charge in [-0.2, -0.15) is 5.10 Å². The molecule has 3 N–H and O–H groups in total. The van der Waals surface area contributed by atoms with E-state index >= 15 is 0 Å². The second-order valence-electron chi connectivity index (χ2n) is 5.15. The molecule has 21 heavy (non-hydrogen) atoms. The molecule has 0 spiro atoms. The van der Waals surface area contributed by atoms with Gasteiger partial charge in [0.2, 0.25) is 0 Å².